The minimum atomic E-state index is -4.80. The van der Waals surface area contributed by atoms with Crippen LogP contribution in [0.15, 0.2) is 47.5 Å². The molecule has 1 aliphatic heterocycles. The molecule has 218 valence electrons. The summed E-state index contributed by atoms with van der Waals surface area (Å²) in [4.78, 5) is 29.7. The van der Waals surface area contributed by atoms with E-state index in [1.54, 1.807) is 23.7 Å². The molecule has 0 radical (unpaired) electrons. The third kappa shape index (κ3) is 4.77. The van der Waals surface area contributed by atoms with Crippen LogP contribution in [0.2, 0.25) is 0 Å². The highest BCUT2D eigenvalue weighted by molar-refractivity contribution is 5.82. The van der Waals surface area contributed by atoms with Gasteiger partial charge in [0, 0.05) is 49.1 Å². The number of alkyl halides is 3. The lowest BCUT2D eigenvalue weighted by molar-refractivity contribution is -0.136. The van der Waals surface area contributed by atoms with Gasteiger partial charge in [-0.2, -0.15) is 18.4 Å². The van der Waals surface area contributed by atoms with Crippen molar-refractivity contribution < 1.29 is 22.3 Å². The summed E-state index contributed by atoms with van der Waals surface area (Å²) in [5, 5.41) is 9.34. The molecule has 1 saturated carbocycles. The minimum Gasteiger partial charge on any atom is -0.381 e. The van der Waals surface area contributed by atoms with Gasteiger partial charge in [0.05, 0.1) is 6.61 Å². The van der Waals surface area contributed by atoms with E-state index in [9.17, 15) is 27.6 Å². The van der Waals surface area contributed by atoms with Gasteiger partial charge in [-0.15, -0.1) is 0 Å². The Kier molecular flexibility index (Phi) is 6.21. The summed E-state index contributed by atoms with van der Waals surface area (Å²) in [7, 11) is 1.68. The lowest BCUT2D eigenvalue weighted by atomic mass is 9.98. The second-order valence-electron chi connectivity index (χ2n) is 10.9. The molecule has 1 N–H and O–H groups in total. The zero-order valence-corrected chi connectivity index (χ0v) is 22.7. The van der Waals surface area contributed by atoms with Crippen molar-refractivity contribution in [2.45, 2.75) is 37.3 Å². The molecule has 2 aliphatic rings. The summed E-state index contributed by atoms with van der Waals surface area (Å²) >= 11 is 0. The first-order valence-electron chi connectivity index (χ1n) is 13.7. The van der Waals surface area contributed by atoms with Crippen molar-refractivity contribution in [3.63, 3.8) is 0 Å². The highest BCUT2D eigenvalue weighted by atomic mass is 19.4. The third-order valence-electron chi connectivity index (χ3n) is 7.89. The van der Waals surface area contributed by atoms with Gasteiger partial charge in [-0.25, -0.2) is 19.3 Å². The van der Waals surface area contributed by atoms with Crippen LogP contribution < -0.4 is 5.56 Å². The van der Waals surface area contributed by atoms with E-state index in [0.29, 0.717) is 47.8 Å². The number of pyridine rings is 2. The van der Waals surface area contributed by atoms with Gasteiger partial charge in [0.1, 0.15) is 45.9 Å². The van der Waals surface area contributed by atoms with Crippen LogP contribution >= 0.6 is 0 Å². The van der Waals surface area contributed by atoms with Crippen molar-refractivity contribution >= 4 is 11.0 Å². The van der Waals surface area contributed by atoms with Crippen molar-refractivity contribution in [2.24, 2.45) is 7.05 Å². The molecule has 9 nitrogen and oxygen atoms in total. The Bertz CT molecular complexity index is 2010. The summed E-state index contributed by atoms with van der Waals surface area (Å²) in [6.07, 6.45) is -0.286. The second-order valence-corrected chi connectivity index (χ2v) is 10.9. The van der Waals surface area contributed by atoms with Gasteiger partial charge in [0.15, 0.2) is 5.69 Å². The number of nitriles is 1. The Morgan fingerprint density at radius 1 is 1.05 bits per heavy atom. The van der Waals surface area contributed by atoms with Crippen LogP contribution in [0.25, 0.3) is 39.4 Å². The molecule has 0 bridgehead atoms. The number of hydrogen-bond acceptors (Lipinski definition) is 6. The molecule has 1 saturated heterocycles. The standard InChI is InChI=1S/C30H23F4N7O2/c1-40-12-19(11-35)36-28(40)21-10-18(31)4-5-20(21)17-8-23(15-2-3-15)37-24(9-17)41-13-22(30(32,33)34)25-26(29(41)42)39-27(38-25)16-6-7-43-14-16/h4-5,8-10,12-13,15-16H,2-3,6-7,14H2,1H3,(H,38,39)/t16-/m0/s1. The number of hydrogen-bond donors (Lipinski definition) is 1. The molecular formula is C30H23F4N7O2. The average molecular weight is 590 g/mol. The molecule has 43 heavy (non-hydrogen) atoms. The normalized spacial score (nSPS) is 17.1. The topological polar surface area (TPSA) is 114 Å². The maximum atomic E-state index is 14.5. The second kappa shape index (κ2) is 9.88. The molecule has 4 aromatic heterocycles. The van der Waals surface area contributed by atoms with Crippen molar-refractivity contribution in [1.82, 2.24) is 29.1 Å². The fourth-order valence-corrected chi connectivity index (χ4v) is 5.56. The van der Waals surface area contributed by atoms with E-state index < -0.39 is 28.6 Å². The molecule has 1 atom stereocenters. The van der Waals surface area contributed by atoms with Gasteiger partial charge < -0.3 is 14.3 Å². The van der Waals surface area contributed by atoms with E-state index in [1.807, 2.05) is 6.07 Å². The quantitative estimate of drug-likeness (QED) is 0.268. The molecule has 13 heteroatoms. The number of halogens is 4. The van der Waals surface area contributed by atoms with Crippen LogP contribution in [-0.4, -0.2) is 42.3 Å². The van der Waals surface area contributed by atoms with E-state index in [4.69, 9.17) is 4.74 Å². The van der Waals surface area contributed by atoms with Gasteiger partial charge in [-0.1, -0.05) is 6.07 Å². The largest absolute Gasteiger partial charge is 0.419 e. The first-order valence-corrected chi connectivity index (χ1v) is 13.7. The van der Waals surface area contributed by atoms with Crippen LogP contribution in [0.3, 0.4) is 0 Å². The molecular weight excluding hydrogens is 566 g/mol. The Labute approximate surface area is 241 Å². The van der Waals surface area contributed by atoms with Crippen LogP contribution in [0.4, 0.5) is 17.6 Å². The summed E-state index contributed by atoms with van der Waals surface area (Å²) in [5.74, 6) is -0.106. The summed E-state index contributed by atoms with van der Waals surface area (Å²) in [6, 6.07) is 9.37. The van der Waals surface area contributed by atoms with Gasteiger partial charge >= 0.3 is 6.18 Å². The number of rotatable bonds is 5. The average Bonchev–Trinajstić information content (AvgIpc) is 3.33. The molecule has 0 amide bonds. The van der Waals surface area contributed by atoms with Crippen LogP contribution in [0.5, 0.6) is 0 Å². The number of ether oxygens (including phenoxy) is 1. The zero-order valence-electron chi connectivity index (χ0n) is 22.7. The van der Waals surface area contributed by atoms with E-state index in [2.05, 4.69) is 19.9 Å². The number of fused-ring (bicyclic) bond motifs is 1. The Balaban J connectivity index is 1.45. The molecule has 7 rings (SSSR count). The van der Waals surface area contributed by atoms with Gasteiger partial charge in [0.25, 0.3) is 5.56 Å². The van der Waals surface area contributed by atoms with E-state index in [-0.39, 0.29) is 34.7 Å². The number of nitrogens with one attached hydrogen (secondary N) is 1. The number of aromatic amines is 1. The third-order valence-corrected chi connectivity index (χ3v) is 7.89. The fourth-order valence-electron chi connectivity index (χ4n) is 5.56. The predicted octanol–water partition coefficient (Wildman–Crippen LogP) is 5.59. The Morgan fingerprint density at radius 2 is 1.86 bits per heavy atom. The monoisotopic (exact) mass is 589 g/mol. The highest BCUT2D eigenvalue weighted by Crippen LogP contribution is 2.42. The van der Waals surface area contributed by atoms with Crippen LogP contribution in [-0.2, 0) is 18.0 Å². The van der Waals surface area contributed by atoms with Gasteiger partial charge in [0.2, 0.25) is 0 Å². The molecule has 2 fully saturated rings. The summed E-state index contributed by atoms with van der Waals surface area (Å²) in [5.41, 5.74) is -0.359. The van der Waals surface area contributed by atoms with Crippen LogP contribution in [0, 0.1) is 17.1 Å². The maximum Gasteiger partial charge on any atom is 0.419 e. The molecule has 5 heterocycles. The molecule has 0 spiro atoms. The lowest BCUT2D eigenvalue weighted by Gasteiger charge is -2.15. The first-order chi connectivity index (χ1) is 20.6. The van der Waals surface area contributed by atoms with E-state index in [0.717, 1.165) is 23.6 Å². The van der Waals surface area contributed by atoms with Gasteiger partial charge in [-0.05, 0) is 54.7 Å². The first kappa shape index (κ1) is 27.0. The molecule has 1 aliphatic carbocycles. The highest BCUT2D eigenvalue weighted by Gasteiger charge is 2.37. The van der Waals surface area contributed by atoms with Crippen LogP contribution in [0.1, 0.15) is 53.9 Å². The minimum absolute atomic E-state index is 0.00928. The SMILES string of the molecule is Cn1cc(C#N)nc1-c1cc(F)ccc1-c1cc(C2CC2)nc(-n2cc(C(F)(F)F)c3nc([C@H]4CCOC4)[nH]c3c2=O)c1. The number of benzene rings is 1. The van der Waals surface area contributed by atoms with Crippen molar-refractivity contribution in [2.75, 3.05) is 13.2 Å². The Hall–Kier alpha value is -4.83. The number of aryl methyl sites for hydroxylation is 1. The maximum absolute atomic E-state index is 14.5. The van der Waals surface area contributed by atoms with E-state index >= 15 is 0 Å². The van der Waals surface area contributed by atoms with E-state index in [1.165, 1.54) is 24.4 Å². The molecule has 0 unspecified atom stereocenters. The number of aromatic nitrogens is 6. The predicted molar refractivity (Wildman–Crippen MR) is 147 cm³/mol. The smallest absolute Gasteiger partial charge is 0.381 e. The summed E-state index contributed by atoms with van der Waals surface area (Å²) < 4.78 is 65.5. The van der Waals surface area contributed by atoms with Crippen molar-refractivity contribution in [3.05, 3.63) is 81.7 Å². The lowest BCUT2D eigenvalue weighted by Crippen LogP contribution is -2.23. The number of H-pyrrole nitrogens is 1. The Morgan fingerprint density at radius 3 is 2.53 bits per heavy atom. The zero-order chi connectivity index (χ0) is 30.0. The van der Waals surface area contributed by atoms with Gasteiger partial charge in [-0.3, -0.25) is 9.36 Å². The summed E-state index contributed by atoms with van der Waals surface area (Å²) in [6.45, 7) is 0.760. The number of nitrogens with zero attached hydrogens (tertiary/aromatic N) is 6. The number of imidazole rings is 2. The fraction of sp³-hybridized carbons (Fsp3) is 0.300. The van der Waals surface area contributed by atoms with Crippen molar-refractivity contribution in [3.8, 4) is 34.4 Å². The van der Waals surface area contributed by atoms with Crippen molar-refractivity contribution in [1.29, 1.82) is 5.26 Å². The molecule has 5 aromatic rings. The molecule has 1 aromatic carbocycles.